The van der Waals surface area contributed by atoms with E-state index in [-0.39, 0.29) is 30.5 Å². The number of hydrogen-bond acceptors (Lipinski definition) is 6. The minimum Gasteiger partial charge on any atom is -0.394 e. The van der Waals surface area contributed by atoms with E-state index in [2.05, 4.69) is 11.9 Å². The number of hydrogen-bond donors (Lipinski definition) is 2. The second kappa shape index (κ2) is 8.68. The summed E-state index contributed by atoms with van der Waals surface area (Å²) in [5, 5.41) is 11.4. The maximum atomic E-state index is 11.8. The lowest BCUT2D eigenvalue weighted by Gasteiger charge is -2.13. The topological polar surface area (TPSA) is 75.6 Å². The quantitative estimate of drug-likeness (QED) is 0.363. The molecule has 0 atom stereocenters. The first-order valence-corrected chi connectivity index (χ1v) is 6.85. The van der Waals surface area contributed by atoms with Crippen LogP contribution in [0.25, 0.3) is 0 Å². The summed E-state index contributed by atoms with van der Waals surface area (Å²) in [4.78, 5) is 23.9. The van der Waals surface area contributed by atoms with Gasteiger partial charge in [-0.05, 0) is 0 Å². The molecule has 0 aromatic heterocycles. The molecule has 104 valence electrons. The molecule has 0 radical (unpaired) electrons. The Kier molecular flexibility index (Phi) is 7.17. The first-order valence-electron chi connectivity index (χ1n) is 5.87. The standard InChI is InChI=1S/C13H17NO4S/c1-2-7-19-13-9-11(16)10(8-12(13)17)14-3-5-18-6-4-15/h2,8-9,14-15H,1,3-7H2. The fourth-order valence-electron chi connectivity index (χ4n) is 1.37. The van der Waals surface area contributed by atoms with Crippen molar-refractivity contribution in [2.45, 2.75) is 0 Å². The van der Waals surface area contributed by atoms with E-state index in [1.807, 2.05) is 0 Å². The molecule has 1 aliphatic rings. The zero-order chi connectivity index (χ0) is 14.1. The highest BCUT2D eigenvalue weighted by Crippen LogP contribution is 2.21. The average molecular weight is 283 g/mol. The van der Waals surface area contributed by atoms with Gasteiger partial charge in [0.05, 0.1) is 30.4 Å². The predicted octanol–water partition coefficient (Wildman–Crippen LogP) is 0.424. The van der Waals surface area contributed by atoms with Crippen LogP contribution in [0.4, 0.5) is 0 Å². The molecule has 0 heterocycles. The van der Waals surface area contributed by atoms with Crippen LogP contribution in [-0.4, -0.2) is 48.8 Å². The van der Waals surface area contributed by atoms with Gasteiger partial charge in [-0.25, -0.2) is 0 Å². The number of ketones is 2. The zero-order valence-electron chi connectivity index (χ0n) is 10.6. The van der Waals surface area contributed by atoms with E-state index in [1.165, 1.54) is 23.9 Å². The third-order valence-corrected chi connectivity index (χ3v) is 3.23. The van der Waals surface area contributed by atoms with Gasteiger partial charge in [-0.15, -0.1) is 18.3 Å². The van der Waals surface area contributed by atoms with Gasteiger partial charge in [0.2, 0.25) is 5.78 Å². The number of carbonyl (C=O) groups excluding carboxylic acids is 2. The number of aliphatic hydroxyl groups excluding tert-OH is 1. The van der Waals surface area contributed by atoms with Gasteiger partial charge in [0.15, 0.2) is 5.78 Å². The van der Waals surface area contributed by atoms with Gasteiger partial charge in [0.25, 0.3) is 0 Å². The summed E-state index contributed by atoms with van der Waals surface area (Å²) in [5.74, 6) is 0.203. The van der Waals surface area contributed by atoms with Crippen LogP contribution in [0.2, 0.25) is 0 Å². The number of nitrogens with one attached hydrogen (secondary N) is 1. The lowest BCUT2D eigenvalue weighted by atomic mass is 10.1. The van der Waals surface area contributed by atoms with Crippen LogP contribution in [0.15, 0.2) is 35.4 Å². The average Bonchev–Trinajstić information content (AvgIpc) is 2.40. The number of rotatable bonds is 9. The predicted molar refractivity (Wildman–Crippen MR) is 74.7 cm³/mol. The van der Waals surface area contributed by atoms with Crippen molar-refractivity contribution in [3.8, 4) is 0 Å². The molecule has 19 heavy (non-hydrogen) atoms. The summed E-state index contributed by atoms with van der Waals surface area (Å²) in [5.41, 5.74) is 0.278. The molecule has 0 unspecified atom stereocenters. The van der Waals surface area contributed by atoms with Crippen molar-refractivity contribution in [1.29, 1.82) is 0 Å². The molecule has 0 bridgehead atoms. The summed E-state index contributed by atoms with van der Waals surface area (Å²) in [6.45, 7) is 4.56. The third-order valence-electron chi connectivity index (χ3n) is 2.20. The van der Waals surface area contributed by atoms with Gasteiger partial charge in [-0.3, -0.25) is 9.59 Å². The van der Waals surface area contributed by atoms with Gasteiger partial charge in [0, 0.05) is 24.4 Å². The Morgan fingerprint density at radius 1 is 1.32 bits per heavy atom. The largest absolute Gasteiger partial charge is 0.394 e. The molecular weight excluding hydrogens is 266 g/mol. The zero-order valence-corrected chi connectivity index (χ0v) is 11.4. The van der Waals surface area contributed by atoms with Crippen molar-refractivity contribution in [1.82, 2.24) is 5.32 Å². The fourth-order valence-corrected chi connectivity index (χ4v) is 2.05. The van der Waals surface area contributed by atoms with E-state index in [9.17, 15) is 9.59 Å². The molecule has 1 rings (SSSR count). The number of aliphatic hydroxyl groups is 1. The SMILES string of the molecule is C=CCSC1=CC(=O)C(NCCOCCO)=CC1=O. The monoisotopic (exact) mass is 283 g/mol. The summed E-state index contributed by atoms with van der Waals surface area (Å²) in [6, 6.07) is 0. The van der Waals surface area contributed by atoms with E-state index in [1.54, 1.807) is 6.08 Å². The fraction of sp³-hybridized carbons (Fsp3) is 0.385. The van der Waals surface area contributed by atoms with Gasteiger partial charge in [-0.2, -0.15) is 0 Å². The summed E-state index contributed by atoms with van der Waals surface area (Å²) < 4.78 is 5.04. The summed E-state index contributed by atoms with van der Waals surface area (Å²) >= 11 is 1.29. The van der Waals surface area contributed by atoms with Crippen LogP contribution in [-0.2, 0) is 14.3 Å². The number of carbonyl (C=O) groups is 2. The first-order chi connectivity index (χ1) is 9.19. The normalized spacial score (nSPS) is 15.0. The lowest BCUT2D eigenvalue weighted by Crippen LogP contribution is -2.27. The number of ether oxygens (including phenoxy) is 1. The van der Waals surface area contributed by atoms with Crippen LogP contribution in [0.5, 0.6) is 0 Å². The van der Waals surface area contributed by atoms with Crippen LogP contribution >= 0.6 is 11.8 Å². The molecule has 0 aromatic carbocycles. The smallest absolute Gasteiger partial charge is 0.203 e. The van der Waals surface area contributed by atoms with Crippen LogP contribution in [0, 0.1) is 0 Å². The Balaban J connectivity index is 2.43. The molecule has 5 nitrogen and oxygen atoms in total. The molecule has 0 fully saturated rings. The van der Waals surface area contributed by atoms with Gasteiger partial charge in [-0.1, -0.05) is 6.08 Å². The molecule has 0 aromatic rings. The van der Waals surface area contributed by atoms with Crippen LogP contribution in [0.3, 0.4) is 0 Å². The maximum absolute atomic E-state index is 11.8. The summed E-state index contributed by atoms with van der Waals surface area (Å²) in [6.07, 6.45) is 4.33. The minimum atomic E-state index is -0.215. The van der Waals surface area contributed by atoms with Crippen molar-refractivity contribution in [2.75, 3.05) is 32.1 Å². The third kappa shape index (κ3) is 5.42. The van der Waals surface area contributed by atoms with E-state index < -0.39 is 0 Å². The molecule has 2 N–H and O–H groups in total. The van der Waals surface area contributed by atoms with Crippen molar-refractivity contribution >= 4 is 23.3 Å². The maximum Gasteiger partial charge on any atom is 0.203 e. The number of allylic oxidation sites excluding steroid dienone is 3. The Hall–Kier alpha value is -1.37. The molecule has 0 amide bonds. The molecule has 0 spiro atoms. The summed E-state index contributed by atoms with van der Waals surface area (Å²) in [7, 11) is 0. The highest BCUT2D eigenvalue weighted by atomic mass is 32.2. The Morgan fingerprint density at radius 3 is 2.79 bits per heavy atom. The van der Waals surface area contributed by atoms with E-state index >= 15 is 0 Å². The highest BCUT2D eigenvalue weighted by molar-refractivity contribution is 8.04. The van der Waals surface area contributed by atoms with Crippen molar-refractivity contribution < 1.29 is 19.4 Å². The molecule has 6 heteroatoms. The van der Waals surface area contributed by atoms with E-state index in [0.717, 1.165) is 0 Å². The van der Waals surface area contributed by atoms with E-state index in [4.69, 9.17) is 9.84 Å². The minimum absolute atomic E-state index is 0.0350. The van der Waals surface area contributed by atoms with Crippen molar-refractivity contribution in [2.24, 2.45) is 0 Å². The van der Waals surface area contributed by atoms with Crippen LogP contribution in [0.1, 0.15) is 0 Å². The first kappa shape index (κ1) is 15.7. The molecular formula is C13H17NO4S. The Morgan fingerprint density at radius 2 is 2.11 bits per heavy atom. The molecule has 0 saturated carbocycles. The van der Waals surface area contributed by atoms with E-state index in [0.29, 0.717) is 23.8 Å². The van der Waals surface area contributed by atoms with Gasteiger partial charge >= 0.3 is 0 Å². The molecule has 0 saturated heterocycles. The molecule has 1 aliphatic carbocycles. The molecule has 0 aliphatic heterocycles. The van der Waals surface area contributed by atoms with Crippen LogP contribution < -0.4 is 5.32 Å². The number of thioether (sulfide) groups is 1. The highest BCUT2D eigenvalue weighted by Gasteiger charge is 2.19. The van der Waals surface area contributed by atoms with Gasteiger partial charge in [0.1, 0.15) is 0 Å². The van der Waals surface area contributed by atoms with Crippen molar-refractivity contribution in [3.05, 3.63) is 35.4 Å². The van der Waals surface area contributed by atoms with Gasteiger partial charge < -0.3 is 15.2 Å². The Labute approximate surface area is 116 Å². The lowest BCUT2D eigenvalue weighted by molar-refractivity contribution is -0.115. The second-order valence-corrected chi connectivity index (χ2v) is 4.72. The van der Waals surface area contributed by atoms with Crippen molar-refractivity contribution in [3.63, 3.8) is 0 Å². The Bertz CT molecular complexity index is 415. The second-order valence-electron chi connectivity index (χ2n) is 3.66.